The highest BCUT2D eigenvalue weighted by Crippen LogP contribution is 2.63. The summed E-state index contributed by atoms with van der Waals surface area (Å²) >= 11 is 0. The molecule has 3 atom stereocenters. The molecule has 1 saturated heterocycles. The molecule has 1 aliphatic carbocycles. The molecule has 1 heterocycles. The molecule has 0 radical (unpaired) electrons. The third kappa shape index (κ3) is 3.51. The van der Waals surface area contributed by atoms with Crippen LogP contribution in [0.4, 0.5) is 35.1 Å². The van der Waals surface area contributed by atoms with Crippen LogP contribution in [0.2, 0.25) is 0 Å². The Morgan fingerprint density at radius 1 is 1.10 bits per heavy atom. The molecule has 0 aromatic carbocycles. The molecule has 4 nitrogen and oxygen atoms in total. The zero-order valence-electron chi connectivity index (χ0n) is 15.3. The van der Waals surface area contributed by atoms with Gasteiger partial charge >= 0.3 is 30.0 Å². The van der Waals surface area contributed by atoms with Crippen molar-refractivity contribution in [3.8, 4) is 0 Å². The summed E-state index contributed by atoms with van der Waals surface area (Å²) < 4.78 is 121. The molecule has 0 spiro atoms. The van der Waals surface area contributed by atoms with Crippen LogP contribution in [0.1, 0.15) is 45.4 Å². The van der Waals surface area contributed by atoms with Crippen molar-refractivity contribution in [3.05, 3.63) is 12.7 Å². The van der Waals surface area contributed by atoms with Gasteiger partial charge < -0.3 is 14.6 Å². The third-order valence-corrected chi connectivity index (χ3v) is 5.64. The average Bonchev–Trinajstić information content (AvgIpc) is 2.58. The fourth-order valence-corrected chi connectivity index (χ4v) is 4.12. The van der Waals surface area contributed by atoms with Crippen LogP contribution in [0.15, 0.2) is 12.7 Å². The number of ether oxygens (including phenoxy) is 2. The summed E-state index contributed by atoms with van der Waals surface area (Å²) in [5.41, 5.74) is -7.50. The smallest absolute Gasteiger partial charge is 0.449 e. The molecule has 0 aromatic heterocycles. The summed E-state index contributed by atoms with van der Waals surface area (Å²) in [5, 5.41) is 9.87. The highest BCUT2D eigenvalue weighted by atomic mass is 19.4. The number of esters is 1. The fraction of sp³-hybridized carbons (Fsp3) is 0.824. The van der Waals surface area contributed by atoms with Crippen LogP contribution in [-0.4, -0.2) is 46.3 Å². The van der Waals surface area contributed by atoms with Gasteiger partial charge in [0.05, 0.1) is 0 Å². The van der Waals surface area contributed by atoms with Gasteiger partial charge in [0, 0.05) is 12.5 Å². The van der Waals surface area contributed by atoms with Gasteiger partial charge in [0.15, 0.2) is 11.2 Å². The summed E-state index contributed by atoms with van der Waals surface area (Å²) in [4.78, 5) is 11.5. The summed E-state index contributed by atoms with van der Waals surface area (Å²) in [6.07, 6.45) is -13.0. The highest BCUT2D eigenvalue weighted by Gasteiger charge is 2.86. The molecule has 2 rings (SSSR count). The second kappa shape index (κ2) is 7.07. The van der Waals surface area contributed by atoms with Gasteiger partial charge in [-0.15, -0.1) is 0 Å². The predicted molar refractivity (Wildman–Crippen MR) is 81.7 cm³/mol. The van der Waals surface area contributed by atoms with Gasteiger partial charge in [-0.1, -0.05) is 25.8 Å². The maximum Gasteiger partial charge on any atom is 0.449 e. The lowest BCUT2D eigenvalue weighted by Gasteiger charge is -2.58. The Balaban J connectivity index is 2.76. The summed E-state index contributed by atoms with van der Waals surface area (Å²) in [6.45, 7) is 3.13. The number of halogens is 8. The maximum atomic E-state index is 14.8. The molecule has 1 aliphatic heterocycles. The van der Waals surface area contributed by atoms with E-state index in [-0.39, 0.29) is 32.6 Å². The van der Waals surface area contributed by atoms with Crippen LogP contribution in [-0.2, 0) is 14.3 Å². The lowest BCUT2D eigenvalue weighted by atomic mass is 9.67. The van der Waals surface area contributed by atoms with Crippen molar-refractivity contribution in [3.63, 3.8) is 0 Å². The quantitative estimate of drug-likeness (QED) is 0.394. The van der Waals surface area contributed by atoms with Crippen LogP contribution in [0.5, 0.6) is 0 Å². The Morgan fingerprint density at radius 2 is 1.62 bits per heavy atom. The molecule has 29 heavy (non-hydrogen) atoms. The van der Waals surface area contributed by atoms with Gasteiger partial charge in [-0.05, 0) is 25.7 Å². The largest absolute Gasteiger partial charge is 0.449 e. The monoisotopic (exact) mass is 440 g/mol. The van der Waals surface area contributed by atoms with Crippen molar-refractivity contribution in [2.75, 3.05) is 0 Å². The van der Waals surface area contributed by atoms with E-state index in [1.807, 2.05) is 0 Å². The highest BCUT2D eigenvalue weighted by molar-refractivity contribution is 5.81. The van der Waals surface area contributed by atoms with Crippen molar-refractivity contribution >= 4 is 5.97 Å². The van der Waals surface area contributed by atoms with Gasteiger partial charge in [-0.2, -0.15) is 35.1 Å². The van der Waals surface area contributed by atoms with E-state index in [0.717, 1.165) is 0 Å². The zero-order chi connectivity index (χ0) is 22.5. The van der Waals surface area contributed by atoms with Crippen LogP contribution < -0.4 is 0 Å². The van der Waals surface area contributed by atoms with Crippen molar-refractivity contribution in [2.45, 2.75) is 80.7 Å². The molecule has 1 N–H and O–H groups in total. The van der Waals surface area contributed by atoms with E-state index < -0.39 is 53.6 Å². The number of alkyl halides is 8. The van der Waals surface area contributed by atoms with Crippen LogP contribution in [0, 0.1) is 5.92 Å². The van der Waals surface area contributed by atoms with E-state index >= 15 is 0 Å². The molecule has 12 heteroatoms. The first-order valence-electron chi connectivity index (χ1n) is 8.77. The van der Waals surface area contributed by atoms with E-state index in [1.54, 1.807) is 0 Å². The van der Waals surface area contributed by atoms with Gasteiger partial charge in [0.25, 0.3) is 0 Å². The molecule has 0 amide bonds. The van der Waals surface area contributed by atoms with Gasteiger partial charge in [0.2, 0.25) is 0 Å². The normalized spacial score (nSPS) is 36.5. The minimum absolute atomic E-state index is 0.204. The minimum atomic E-state index is -6.33. The van der Waals surface area contributed by atoms with E-state index in [2.05, 4.69) is 16.1 Å². The molecule has 0 aromatic rings. The number of aliphatic hydroxyl groups is 1. The first kappa shape index (κ1) is 23.8. The van der Waals surface area contributed by atoms with Crippen molar-refractivity contribution in [1.82, 2.24) is 0 Å². The van der Waals surface area contributed by atoms with Crippen molar-refractivity contribution < 1.29 is 54.5 Å². The third-order valence-electron chi connectivity index (χ3n) is 5.64. The SMILES string of the molecule is C=CC(=O)OC1(C)CC(C2CCCCC2)(C(F)(F)F)OC(O)(C(F)(F)F)C1(F)F. The predicted octanol–water partition coefficient (Wildman–Crippen LogP) is 4.66. The standard InChI is InChI=1S/C17H20F8O4/c1-3-11(26)28-12(2)9-13(16(20,21)22,10-7-5-4-6-8-10)29-15(27,14(12,18)19)17(23,24)25/h3,10,27H,1,4-9H2,2H3. The van der Waals surface area contributed by atoms with Gasteiger partial charge in [0.1, 0.15) is 0 Å². The van der Waals surface area contributed by atoms with E-state index in [9.17, 15) is 45.0 Å². The maximum absolute atomic E-state index is 14.8. The number of carbonyl (C=O) groups is 1. The minimum Gasteiger partial charge on any atom is -0.449 e. The first-order valence-corrected chi connectivity index (χ1v) is 8.77. The summed E-state index contributed by atoms with van der Waals surface area (Å²) in [5.74, 6) is -14.3. The number of rotatable bonds is 3. The molecular formula is C17H20F8O4. The fourth-order valence-electron chi connectivity index (χ4n) is 4.12. The second-order valence-electron chi connectivity index (χ2n) is 7.57. The Hall–Kier alpha value is -1.43. The van der Waals surface area contributed by atoms with Crippen molar-refractivity contribution in [2.24, 2.45) is 5.92 Å². The number of hydrogen-bond acceptors (Lipinski definition) is 4. The van der Waals surface area contributed by atoms with Crippen molar-refractivity contribution in [1.29, 1.82) is 0 Å². The molecule has 168 valence electrons. The first-order chi connectivity index (χ1) is 13.0. The molecule has 0 bridgehead atoms. The van der Waals surface area contributed by atoms with Gasteiger partial charge in [-0.3, -0.25) is 0 Å². The lowest BCUT2D eigenvalue weighted by Crippen LogP contribution is -2.80. The Bertz CT molecular complexity index is 655. The topological polar surface area (TPSA) is 55.8 Å². The molecule has 2 fully saturated rings. The van der Waals surface area contributed by atoms with Crippen LogP contribution >= 0.6 is 0 Å². The molecule has 1 saturated carbocycles. The van der Waals surface area contributed by atoms with Gasteiger partial charge in [-0.25, -0.2) is 4.79 Å². The van der Waals surface area contributed by atoms with E-state index in [4.69, 9.17) is 0 Å². The Kier molecular flexibility index (Phi) is 5.81. The Labute approximate surface area is 160 Å². The number of hydrogen-bond donors (Lipinski definition) is 1. The second-order valence-corrected chi connectivity index (χ2v) is 7.57. The Morgan fingerprint density at radius 3 is 2.03 bits per heavy atom. The summed E-state index contributed by atoms with van der Waals surface area (Å²) in [6, 6.07) is 0. The average molecular weight is 440 g/mol. The van der Waals surface area contributed by atoms with E-state index in [1.165, 1.54) is 0 Å². The number of carbonyl (C=O) groups excluding carboxylic acids is 1. The molecular weight excluding hydrogens is 420 g/mol. The van der Waals surface area contributed by atoms with Crippen LogP contribution in [0.25, 0.3) is 0 Å². The van der Waals surface area contributed by atoms with E-state index in [0.29, 0.717) is 12.5 Å². The summed E-state index contributed by atoms with van der Waals surface area (Å²) in [7, 11) is 0. The molecule has 2 aliphatic rings. The zero-order valence-corrected chi connectivity index (χ0v) is 15.3. The van der Waals surface area contributed by atoms with Crippen LogP contribution in [0.3, 0.4) is 0 Å². The molecule has 3 unspecified atom stereocenters. The lowest BCUT2D eigenvalue weighted by molar-refractivity contribution is -0.522.